The Morgan fingerprint density at radius 2 is 1.76 bits per heavy atom. The van der Waals surface area contributed by atoms with E-state index >= 15 is 0 Å². The second kappa shape index (κ2) is 6.58. The van der Waals surface area contributed by atoms with Gasteiger partial charge in [-0.05, 0) is 23.8 Å². The lowest BCUT2D eigenvalue weighted by Gasteiger charge is -2.05. The highest BCUT2D eigenvalue weighted by Crippen LogP contribution is 2.17. The van der Waals surface area contributed by atoms with Crippen LogP contribution in [0.2, 0.25) is 0 Å². The van der Waals surface area contributed by atoms with E-state index in [2.05, 4.69) is 0 Å². The summed E-state index contributed by atoms with van der Waals surface area (Å²) in [5, 5.41) is 8.66. The number of benzene rings is 2. The average Bonchev–Trinajstić information content (AvgIpc) is 2.42. The Kier molecular flexibility index (Phi) is 4.80. The zero-order valence-electron chi connectivity index (χ0n) is 10.9. The van der Waals surface area contributed by atoms with Crippen molar-refractivity contribution in [2.24, 2.45) is 0 Å². The summed E-state index contributed by atoms with van der Waals surface area (Å²) >= 11 is 0. The van der Waals surface area contributed by atoms with E-state index in [0.29, 0.717) is 10.5 Å². The first kappa shape index (κ1) is 15.3. The lowest BCUT2D eigenvalue weighted by atomic mass is 10.2. The van der Waals surface area contributed by atoms with Crippen molar-refractivity contribution in [1.82, 2.24) is 0 Å². The van der Waals surface area contributed by atoms with Crippen LogP contribution in [0.4, 0.5) is 8.78 Å². The first-order valence-corrected chi connectivity index (χ1v) is 7.40. The van der Waals surface area contributed by atoms with Crippen LogP contribution in [0.5, 0.6) is 0 Å². The van der Waals surface area contributed by atoms with Crippen molar-refractivity contribution < 1.29 is 22.9 Å². The molecule has 1 N–H and O–H groups in total. The van der Waals surface area contributed by atoms with Crippen LogP contribution in [-0.4, -0.2) is 15.3 Å². The minimum atomic E-state index is -1.48. The highest BCUT2D eigenvalue weighted by atomic mass is 32.2. The van der Waals surface area contributed by atoms with E-state index < -0.39 is 28.4 Å². The van der Waals surface area contributed by atoms with E-state index in [1.807, 2.05) is 0 Å². The molecule has 6 heteroatoms. The van der Waals surface area contributed by atoms with Crippen LogP contribution in [0, 0.1) is 11.6 Å². The molecule has 0 aliphatic heterocycles. The van der Waals surface area contributed by atoms with Gasteiger partial charge < -0.3 is 5.11 Å². The van der Waals surface area contributed by atoms with Crippen LogP contribution in [0.3, 0.4) is 0 Å². The van der Waals surface area contributed by atoms with E-state index in [1.165, 1.54) is 6.07 Å². The lowest BCUT2D eigenvalue weighted by Crippen LogP contribution is -2.02. The maximum Gasteiger partial charge on any atom is 0.307 e. The maximum atomic E-state index is 13.5. The number of carbonyl (C=O) groups is 1. The molecule has 110 valence electrons. The minimum absolute atomic E-state index is 0.0651. The van der Waals surface area contributed by atoms with Crippen LogP contribution in [0.15, 0.2) is 47.4 Å². The Hall–Kier alpha value is -2.08. The molecule has 1 atom stereocenters. The van der Waals surface area contributed by atoms with Gasteiger partial charge in [-0.2, -0.15) is 0 Å². The van der Waals surface area contributed by atoms with Crippen LogP contribution >= 0.6 is 0 Å². The number of rotatable bonds is 5. The monoisotopic (exact) mass is 310 g/mol. The molecule has 1 unspecified atom stereocenters. The molecule has 0 saturated heterocycles. The molecule has 3 nitrogen and oxygen atoms in total. The smallest absolute Gasteiger partial charge is 0.307 e. The summed E-state index contributed by atoms with van der Waals surface area (Å²) in [7, 11) is -1.48. The molecule has 0 radical (unpaired) electrons. The molecule has 0 bridgehead atoms. The Bertz CT molecular complexity index is 684. The fourth-order valence-electron chi connectivity index (χ4n) is 1.80. The Labute approximate surface area is 122 Å². The first-order valence-electron chi connectivity index (χ1n) is 6.09. The molecule has 0 amide bonds. The summed E-state index contributed by atoms with van der Waals surface area (Å²) in [5.74, 6) is -2.42. The highest BCUT2D eigenvalue weighted by molar-refractivity contribution is 7.84. The maximum absolute atomic E-state index is 13.5. The number of carboxylic acid groups (broad SMARTS) is 1. The molecule has 2 rings (SSSR count). The van der Waals surface area contributed by atoms with Gasteiger partial charge in [0.15, 0.2) is 0 Å². The normalized spacial score (nSPS) is 12.1. The van der Waals surface area contributed by atoms with Gasteiger partial charge in [-0.15, -0.1) is 0 Å². The fraction of sp³-hybridized carbons (Fsp3) is 0.133. The summed E-state index contributed by atoms with van der Waals surface area (Å²) in [6.45, 7) is 0. The summed E-state index contributed by atoms with van der Waals surface area (Å²) < 4.78 is 38.4. The third-order valence-electron chi connectivity index (χ3n) is 2.84. The predicted octanol–water partition coefficient (Wildman–Crippen LogP) is 2.90. The standard InChI is InChI=1S/C15H12F2O3S/c16-12-4-3-11(14(17)8-12)9-21(20)13-5-1-10(2-6-13)7-15(18)19/h1-6,8H,7,9H2,(H,18,19). The van der Waals surface area contributed by atoms with Crippen molar-refractivity contribution in [3.8, 4) is 0 Å². The van der Waals surface area contributed by atoms with Gasteiger partial charge >= 0.3 is 5.97 Å². The van der Waals surface area contributed by atoms with Crippen molar-refractivity contribution in [3.05, 3.63) is 65.2 Å². The molecule has 0 heterocycles. The van der Waals surface area contributed by atoms with Gasteiger partial charge in [0.25, 0.3) is 0 Å². The summed E-state index contributed by atoms with van der Waals surface area (Å²) in [4.78, 5) is 11.0. The second-order valence-electron chi connectivity index (χ2n) is 4.44. The first-order chi connectivity index (χ1) is 9.95. The van der Waals surface area contributed by atoms with Gasteiger partial charge in [-0.1, -0.05) is 18.2 Å². The van der Waals surface area contributed by atoms with Crippen molar-refractivity contribution in [2.75, 3.05) is 0 Å². The van der Waals surface area contributed by atoms with E-state index in [-0.39, 0.29) is 17.7 Å². The van der Waals surface area contributed by atoms with Crippen LogP contribution in [-0.2, 0) is 27.8 Å². The van der Waals surface area contributed by atoms with Gasteiger partial charge in [0.2, 0.25) is 0 Å². The molecule has 21 heavy (non-hydrogen) atoms. The largest absolute Gasteiger partial charge is 0.481 e. The minimum Gasteiger partial charge on any atom is -0.481 e. The van der Waals surface area contributed by atoms with Crippen molar-refractivity contribution in [1.29, 1.82) is 0 Å². The molecule has 0 aliphatic carbocycles. The Balaban J connectivity index is 2.11. The van der Waals surface area contributed by atoms with Crippen molar-refractivity contribution >= 4 is 16.8 Å². The Morgan fingerprint density at radius 3 is 2.33 bits per heavy atom. The van der Waals surface area contributed by atoms with Gasteiger partial charge in [0.1, 0.15) is 11.6 Å². The zero-order valence-corrected chi connectivity index (χ0v) is 11.7. The Morgan fingerprint density at radius 1 is 1.10 bits per heavy atom. The lowest BCUT2D eigenvalue weighted by molar-refractivity contribution is -0.136. The number of hydrogen-bond donors (Lipinski definition) is 1. The number of carboxylic acids is 1. The third kappa shape index (κ3) is 4.19. The van der Waals surface area contributed by atoms with Gasteiger partial charge in [0.05, 0.1) is 23.0 Å². The molecule has 0 spiro atoms. The average molecular weight is 310 g/mol. The van der Waals surface area contributed by atoms with Crippen LogP contribution in [0.1, 0.15) is 11.1 Å². The summed E-state index contributed by atoms with van der Waals surface area (Å²) in [6, 6.07) is 9.38. The molecule has 0 aromatic heterocycles. The van der Waals surface area contributed by atoms with E-state index in [9.17, 15) is 17.8 Å². The van der Waals surface area contributed by atoms with Crippen LogP contribution in [0.25, 0.3) is 0 Å². The highest BCUT2D eigenvalue weighted by Gasteiger charge is 2.10. The van der Waals surface area contributed by atoms with Crippen LogP contribution < -0.4 is 0 Å². The SMILES string of the molecule is O=C(O)Cc1ccc(S(=O)Cc2ccc(F)cc2F)cc1. The molecule has 0 fully saturated rings. The van der Waals surface area contributed by atoms with Gasteiger partial charge in [-0.3, -0.25) is 9.00 Å². The van der Waals surface area contributed by atoms with E-state index in [0.717, 1.165) is 12.1 Å². The topological polar surface area (TPSA) is 54.4 Å². The van der Waals surface area contributed by atoms with E-state index in [1.54, 1.807) is 24.3 Å². The molecular weight excluding hydrogens is 298 g/mol. The number of halogens is 2. The van der Waals surface area contributed by atoms with Gasteiger partial charge in [-0.25, -0.2) is 8.78 Å². The third-order valence-corrected chi connectivity index (χ3v) is 4.21. The number of hydrogen-bond acceptors (Lipinski definition) is 2. The predicted molar refractivity (Wildman–Crippen MR) is 74.3 cm³/mol. The van der Waals surface area contributed by atoms with Gasteiger partial charge in [0, 0.05) is 16.5 Å². The molecule has 2 aromatic rings. The molecule has 2 aromatic carbocycles. The van der Waals surface area contributed by atoms with E-state index in [4.69, 9.17) is 5.11 Å². The van der Waals surface area contributed by atoms with Crippen molar-refractivity contribution in [3.63, 3.8) is 0 Å². The molecule has 0 aliphatic rings. The summed E-state index contributed by atoms with van der Waals surface area (Å²) in [6.07, 6.45) is -0.112. The summed E-state index contributed by atoms with van der Waals surface area (Å²) in [5.41, 5.74) is 0.764. The molecule has 0 saturated carbocycles. The zero-order chi connectivity index (χ0) is 15.4. The number of aliphatic carboxylic acids is 1. The fourth-order valence-corrected chi connectivity index (χ4v) is 2.92. The second-order valence-corrected chi connectivity index (χ2v) is 5.89. The molecular formula is C15H12F2O3S. The van der Waals surface area contributed by atoms with Crippen molar-refractivity contribution in [2.45, 2.75) is 17.1 Å². The quantitative estimate of drug-likeness (QED) is 0.924.